The summed E-state index contributed by atoms with van der Waals surface area (Å²) in [6.07, 6.45) is 11.3. The molecule has 2 aliphatic carbocycles. The number of carbonyl (C=O) groups is 2. The average Bonchev–Trinajstić information content (AvgIpc) is 3.33. The normalized spacial score (nSPS) is 32.0. The Labute approximate surface area is 188 Å². The Hall–Kier alpha value is -1.76. The summed E-state index contributed by atoms with van der Waals surface area (Å²) in [5.74, 6) is -0.785. The molecule has 2 fully saturated rings. The van der Waals surface area contributed by atoms with Gasteiger partial charge in [-0.3, -0.25) is 9.59 Å². The van der Waals surface area contributed by atoms with Gasteiger partial charge in [-0.1, -0.05) is 37.3 Å². The summed E-state index contributed by atoms with van der Waals surface area (Å²) < 4.78 is 0. The standard InChI is InChI=1S/C25H34O5S/c1-17-13-14-25(17,23-11-7-15-31-23)22(28)10-6-9-19-18(20(26)16-21(19)27)8-4-2-3-5-12-24(29)30/h2,4,6-7,9,11,15,17-19,21-22,27-28H,3,5,8,10,12-14,16H2,1H3,(H,29,30)/t17?,18-,19-,21-,22?,25?/m1/s1. The molecule has 1 aromatic heterocycles. The van der Waals surface area contributed by atoms with Gasteiger partial charge < -0.3 is 15.3 Å². The Morgan fingerprint density at radius 3 is 2.77 bits per heavy atom. The van der Waals surface area contributed by atoms with Crippen LogP contribution >= 0.6 is 11.3 Å². The van der Waals surface area contributed by atoms with Gasteiger partial charge in [0, 0.05) is 35.0 Å². The van der Waals surface area contributed by atoms with E-state index >= 15 is 0 Å². The number of rotatable bonds is 11. The van der Waals surface area contributed by atoms with E-state index in [4.69, 9.17) is 5.11 Å². The van der Waals surface area contributed by atoms with E-state index in [-0.39, 0.29) is 35.9 Å². The molecule has 1 aromatic rings. The number of unbranched alkanes of at least 4 members (excludes halogenated alkanes) is 1. The summed E-state index contributed by atoms with van der Waals surface area (Å²) in [5, 5.41) is 32.2. The number of carboxylic acid groups (broad SMARTS) is 1. The van der Waals surface area contributed by atoms with Gasteiger partial charge in [-0.25, -0.2) is 0 Å². The smallest absolute Gasteiger partial charge is 0.303 e. The quantitative estimate of drug-likeness (QED) is 0.344. The predicted octanol–water partition coefficient (Wildman–Crippen LogP) is 4.49. The van der Waals surface area contributed by atoms with Crippen molar-refractivity contribution in [3.63, 3.8) is 0 Å². The van der Waals surface area contributed by atoms with Gasteiger partial charge in [-0.15, -0.1) is 11.3 Å². The maximum absolute atomic E-state index is 12.4. The Kier molecular flexibility index (Phi) is 8.25. The van der Waals surface area contributed by atoms with Crippen molar-refractivity contribution in [2.75, 3.05) is 0 Å². The van der Waals surface area contributed by atoms with E-state index in [1.807, 2.05) is 30.4 Å². The molecule has 31 heavy (non-hydrogen) atoms. The fraction of sp³-hybridized carbons (Fsp3) is 0.600. The lowest BCUT2D eigenvalue weighted by molar-refractivity contribution is -0.137. The van der Waals surface area contributed by atoms with Crippen LogP contribution in [-0.4, -0.2) is 39.3 Å². The summed E-state index contributed by atoms with van der Waals surface area (Å²) in [5.41, 5.74) is -0.180. The number of aliphatic hydroxyl groups is 2. The number of thiophene rings is 1. The Morgan fingerprint density at radius 2 is 2.16 bits per heavy atom. The van der Waals surface area contributed by atoms with Crippen molar-refractivity contribution >= 4 is 23.1 Å². The summed E-state index contributed by atoms with van der Waals surface area (Å²) >= 11 is 1.70. The second kappa shape index (κ2) is 10.7. The molecule has 5 nitrogen and oxygen atoms in total. The van der Waals surface area contributed by atoms with E-state index in [0.29, 0.717) is 31.6 Å². The lowest BCUT2D eigenvalue weighted by Crippen LogP contribution is -2.51. The van der Waals surface area contributed by atoms with Gasteiger partial charge in [-0.05, 0) is 55.9 Å². The zero-order valence-electron chi connectivity index (χ0n) is 18.2. The summed E-state index contributed by atoms with van der Waals surface area (Å²) in [4.78, 5) is 24.2. The molecule has 6 atom stereocenters. The first-order valence-corrected chi connectivity index (χ1v) is 12.2. The minimum atomic E-state index is -0.799. The van der Waals surface area contributed by atoms with Crippen LogP contribution in [0.2, 0.25) is 0 Å². The molecule has 0 aromatic carbocycles. The van der Waals surface area contributed by atoms with Gasteiger partial charge in [0.2, 0.25) is 0 Å². The van der Waals surface area contributed by atoms with Crippen LogP contribution in [0.15, 0.2) is 41.8 Å². The molecular formula is C25H34O5S. The van der Waals surface area contributed by atoms with E-state index < -0.39 is 18.2 Å². The van der Waals surface area contributed by atoms with Gasteiger partial charge >= 0.3 is 5.97 Å². The minimum Gasteiger partial charge on any atom is -0.481 e. The molecular weight excluding hydrogens is 412 g/mol. The summed E-state index contributed by atoms with van der Waals surface area (Å²) in [6.45, 7) is 2.20. The molecule has 1 heterocycles. The number of hydrogen-bond acceptors (Lipinski definition) is 5. The number of Topliss-reactive ketones (excluding diaryl/α,β-unsaturated/α-hetero) is 1. The fourth-order valence-corrected chi connectivity index (χ4v) is 6.27. The molecule has 0 bridgehead atoms. The number of allylic oxidation sites excluding steroid dienone is 2. The van der Waals surface area contributed by atoms with Crippen LogP contribution in [0.25, 0.3) is 0 Å². The molecule has 0 amide bonds. The number of aliphatic hydroxyl groups excluding tert-OH is 2. The average molecular weight is 447 g/mol. The van der Waals surface area contributed by atoms with Gasteiger partial charge in [0.05, 0.1) is 12.2 Å². The zero-order valence-corrected chi connectivity index (χ0v) is 19.0. The predicted molar refractivity (Wildman–Crippen MR) is 122 cm³/mol. The van der Waals surface area contributed by atoms with E-state index in [9.17, 15) is 19.8 Å². The highest BCUT2D eigenvalue weighted by atomic mass is 32.1. The maximum Gasteiger partial charge on any atom is 0.303 e. The molecule has 3 rings (SSSR count). The molecule has 0 aliphatic heterocycles. The third-order valence-electron chi connectivity index (χ3n) is 7.21. The molecule has 0 saturated heterocycles. The number of hydrogen-bond donors (Lipinski definition) is 3. The van der Waals surface area contributed by atoms with Gasteiger partial charge in [0.15, 0.2) is 0 Å². The van der Waals surface area contributed by atoms with Crippen molar-refractivity contribution in [2.24, 2.45) is 17.8 Å². The fourth-order valence-electron chi connectivity index (χ4n) is 5.15. The number of carboxylic acids is 1. The Bertz CT molecular complexity index is 799. The highest BCUT2D eigenvalue weighted by Gasteiger charge is 2.50. The van der Waals surface area contributed by atoms with Crippen LogP contribution in [0.3, 0.4) is 0 Å². The van der Waals surface area contributed by atoms with Crippen LogP contribution in [0, 0.1) is 17.8 Å². The molecule has 170 valence electrons. The van der Waals surface area contributed by atoms with Gasteiger partial charge in [-0.2, -0.15) is 0 Å². The number of ketones is 1. The molecule has 3 unspecified atom stereocenters. The maximum atomic E-state index is 12.4. The summed E-state index contributed by atoms with van der Waals surface area (Å²) in [7, 11) is 0. The Morgan fingerprint density at radius 1 is 1.35 bits per heavy atom. The zero-order chi connectivity index (χ0) is 22.4. The third-order valence-corrected chi connectivity index (χ3v) is 8.28. The summed E-state index contributed by atoms with van der Waals surface area (Å²) in [6, 6.07) is 4.15. The van der Waals surface area contributed by atoms with E-state index in [2.05, 4.69) is 18.4 Å². The van der Waals surface area contributed by atoms with E-state index in [1.165, 1.54) is 4.88 Å². The van der Waals surface area contributed by atoms with Crippen LogP contribution in [0.5, 0.6) is 0 Å². The van der Waals surface area contributed by atoms with Gasteiger partial charge in [0.1, 0.15) is 5.78 Å². The second-order valence-corrected chi connectivity index (χ2v) is 10.00. The van der Waals surface area contributed by atoms with E-state index in [1.54, 1.807) is 11.3 Å². The van der Waals surface area contributed by atoms with Crippen molar-refractivity contribution in [1.82, 2.24) is 0 Å². The Balaban J connectivity index is 1.57. The van der Waals surface area contributed by atoms with E-state index in [0.717, 1.165) is 12.8 Å². The van der Waals surface area contributed by atoms with Crippen LogP contribution < -0.4 is 0 Å². The first-order valence-electron chi connectivity index (χ1n) is 11.3. The molecule has 3 N–H and O–H groups in total. The van der Waals surface area contributed by atoms with Crippen molar-refractivity contribution in [2.45, 2.75) is 75.9 Å². The van der Waals surface area contributed by atoms with Crippen molar-refractivity contribution in [1.29, 1.82) is 0 Å². The molecule has 6 heteroatoms. The minimum absolute atomic E-state index is 0.0700. The molecule has 0 radical (unpaired) electrons. The molecule has 0 spiro atoms. The van der Waals surface area contributed by atoms with Crippen LogP contribution in [0.1, 0.15) is 63.2 Å². The van der Waals surface area contributed by atoms with Crippen molar-refractivity contribution in [3.05, 3.63) is 46.7 Å². The lowest BCUT2D eigenvalue weighted by atomic mass is 9.56. The van der Waals surface area contributed by atoms with Crippen LogP contribution in [0.4, 0.5) is 0 Å². The third kappa shape index (κ3) is 5.36. The van der Waals surface area contributed by atoms with Crippen molar-refractivity contribution in [3.8, 4) is 0 Å². The number of aliphatic carboxylic acids is 1. The topological polar surface area (TPSA) is 94.8 Å². The highest BCUT2D eigenvalue weighted by molar-refractivity contribution is 7.10. The lowest BCUT2D eigenvalue weighted by Gasteiger charge is -2.50. The first kappa shape index (κ1) is 23.9. The largest absolute Gasteiger partial charge is 0.481 e. The first-order chi connectivity index (χ1) is 14.9. The number of carbonyl (C=O) groups excluding carboxylic acids is 1. The highest BCUT2D eigenvalue weighted by Crippen LogP contribution is 2.53. The molecule has 2 saturated carbocycles. The second-order valence-electron chi connectivity index (χ2n) is 9.05. The van der Waals surface area contributed by atoms with Crippen molar-refractivity contribution < 1.29 is 24.9 Å². The monoisotopic (exact) mass is 446 g/mol. The van der Waals surface area contributed by atoms with Gasteiger partial charge in [0.25, 0.3) is 0 Å². The SMILES string of the molecule is CC1CCC1(c1cccs1)C(O)CC=C[C@H]1[C@H](O)CC(=O)[C@@H]1CC=CCCCC(=O)O. The molecule has 2 aliphatic rings. The van der Waals surface area contributed by atoms with Crippen LogP contribution in [-0.2, 0) is 15.0 Å².